The van der Waals surface area contributed by atoms with E-state index in [1.807, 2.05) is 24.3 Å². The summed E-state index contributed by atoms with van der Waals surface area (Å²) in [6.45, 7) is 7.02. The standard InChI is InChI=1S/C11H9NO2/c1-12-7-10-5-8-3-4-9(13-2)6-11(8)14-10/h3-6H,7H2,2H3. The van der Waals surface area contributed by atoms with E-state index in [2.05, 4.69) is 4.85 Å². The average molecular weight is 187 g/mol. The molecule has 0 aliphatic carbocycles. The van der Waals surface area contributed by atoms with E-state index < -0.39 is 0 Å². The summed E-state index contributed by atoms with van der Waals surface area (Å²) in [6.07, 6.45) is 0. The van der Waals surface area contributed by atoms with E-state index in [4.69, 9.17) is 15.7 Å². The SMILES string of the molecule is [C-]#[N+]Cc1cc2ccc(OC)cc2o1. The number of nitrogens with zero attached hydrogens (tertiary/aromatic N) is 1. The van der Waals surface area contributed by atoms with Crippen LogP contribution in [0.3, 0.4) is 0 Å². The Morgan fingerprint density at radius 2 is 2.29 bits per heavy atom. The Morgan fingerprint density at radius 3 is 3.00 bits per heavy atom. The maximum absolute atomic E-state index is 6.73. The van der Waals surface area contributed by atoms with Crippen LogP contribution in [-0.4, -0.2) is 7.11 Å². The van der Waals surface area contributed by atoms with Crippen molar-refractivity contribution < 1.29 is 9.15 Å². The molecule has 0 saturated carbocycles. The summed E-state index contributed by atoms with van der Waals surface area (Å²) in [5.74, 6) is 1.46. The summed E-state index contributed by atoms with van der Waals surface area (Å²) in [4.78, 5) is 3.27. The van der Waals surface area contributed by atoms with Gasteiger partial charge in [0.1, 0.15) is 11.3 Å². The molecule has 1 aromatic heterocycles. The molecule has 0 atom stereocenters. The van der Waals surface area contributed by atoms with Crippen LogP contribution in [0, 0.1) is 6.57 Å². The van der Waals surface area contributed by atoms with Crippen LogP contribution < -0.4 is 4.74 Å². The van der Waals surface area contributed by atoms with E-state index in [0.29, 0.717) is 5.76 Å². The highest BCUT2D eigenvalue weighted by Crippen LogP contribution is 2.24. The first-order valence-corrected chi connectivity index (χ1v) is 4.23. The van der Waals surface area contributed by atoms with Gasteiger partial charge in [-0.25, -0.2) is 6.57 Å². The Labute approximate surface area is 81.7 Å². The topological polar surface area (TPSA) is 26.7 Å². The van der Waals surface area contributed by atoms with Crippen LogP contribution in [-0.2, 0) is 6.54 Å². The third kappa shape index (κ3) is 1.42. The van der Waals surface area contributed by atoms with Crippen LogP contribution in [0.5, 0.6) is 5.75 Å². The van der Waals surface area contributed by atoms with Crippen molar-refractivity contribution in [3.8, 4) is 5.75 Å². The molecule has 3 heteroatoms. The second-order valence-electron chi connectivity index (χ2n) is 2.93. The molecule has 70 valence electrons. The molecule has 0 amide bonds. The van der Waals surface area contributed by atoms with E-state index in [9.17, 15) is 0 Å². The number of ether oxygens (including phenoxy) is 1. The van der Waals surface area contributed by atoms with Crippen molar-refractivity contribution in [3.63, 3.8) is 0 Å². The van der Waals surface area contributed by atoms with Gasteiger partial charge in [-0.2, -0.15) is 0 Å². The molecule has 0 bridgehead atoms. The Morgan fingerprint density at radius 1 is 1.43 bits per heavy atom. The molecule has 0 aliphatic heterocycles. The minimum absolute atomic E-state index is 0.289. The minimum atomic E-state index is 0.289. The van der Waals surface area contributed by atoms with Crippen LogP contribution in [0.2, 0.25) is 0 Å². The summed E-state index contributed by atoms with van der Waals surface area (Å²) in [5.41, 5.74) is 0.767. The molecule has 0 unspecified atom stereocenters. The van der Waals surface area contributed by atoms with Crippen LogP contribution >= 0.6 is 0 Å². The molecule has 0 N–H and O–H groups in total. The Kier molecular flexibility index (Phi) is 2.11. The third-order valence-electron chi connectivity index (χ3n) is 2.01. The molecule has 1 aromatic carbocycles. The lowest BCUT2D eigenvalue weighted by atomic mass is 10.2. The van der Waals surface area contributed by atoms with Gasteiger partial charge < -0.3 is 14.0 Å². The number of hydrogen-bond acceptors (Lipinski definition) is 2. The highest BCUT2D eigenvalue weighted by atomic mass is 16.5. The summed E-state index contributed by atoms with van der Waals surface area (Å²) in [6, 6.07) is 7.50. The molecular weight excluding hydrogens is 178 g/mol. The van der Waals surface area contributed by atoms with Gasteiger partial charge in [0.2, 0.25) is 0 Å². The van der Waals surface area contributed by atoms with Gasteiger partial charge in [-0.1, -0.05) is 0 Å². The second kappa shape index (κ2) is 3.43. The molecule has 0 spiro atoms. The van der Waals surface area contributed by atoms with E-state index >= 15 is 0 Å². The van der Waals surface area contributed by atoms with E-state index in [1.54, 1.807) is 7.11 Å². The number of hydrogen-bond donors (Lipinski definition) is 0. The van der Waals surface area contributed by atoms with Crippen molar-refractivity contribution in [1.29, 1.82) is 0 Å². The fraction of sp³-hybridized carbons (Fsp3) is 0.182. The molecular formula is C11H9NO2. The van der Waals surface area contributed by atoms with Gasteiger partial charge in [0.25, 0.3) is 6.54 Å². The van der Waals surface area contributed by atoms with E-state index in [1.165, 1.54) is 0 Å². The normalized spacial score (nSPS) is 10.0. The van der Waals surface area contributed by atoms with Crippen molar-refractivity contribution in [2.75, 3.05) is 7.11 Å². The largest absolute Gasteiger partial charge is 0.497 e. The Balaban J connectivity index is 2.50. The van der Waals surface area contributed by atoms with Crippen LogP contribution in [0.4, 0.5) is 0 Å². The van der Waals surface area contributed by atoms with Crippen LogP contribution in [0.15, 0.2) is 28.7 Å². The number of benzene rings is 1. The van der Waals surface area contributed by atoms with Crippen molar-refractivity contribution in [2.24, 2.45) is 0 Å². The molecule has 0 fully saturated rings. The highest BCUT2D eigenvalue weighted by Gasteiger charge is 2.05. The number of fused-ring (bicyclic) bond motifs is 1. The fourth-order valence-corrected chi connectivity index (χ4v) is 1.35. The van der Waals surface area contributed by atoms with Gasteiger partial charge in [-0.3, -0.25) is 0 Å². The molecule has 3 nitrogen and oxygen atoms in total. The maximum atomic E-state index is 6.73. The zero-order valence-electron chi connectivity index (χ0n) is 7.78. The molecule has 0 aliphatic rings. The predicted octanol–water partition coefficient (Wildman–Crippen LogP) is 2.86. The first-order chi connectivity index (χ1) is 6.83. The summed E-state index contributed by atoms with van der Waals surface area (Å²) in [5, 5.41) is 1.00. The smallest absolute Gasteiger partial charge is 0.271 e. The zero-order chi connectivity index (χ0) is 9.97. The Bertz CT molecular complexity index is 493. The first kappa shape index (κ1) is 8.64. The minimum Gasteiger partial charge on any atom is -0.497 e. The number of furan rings is 1. The van der Waals surface area contributed by atoms with Gasteiger partial charge in [0.05, 0.1) is 7.11 Å². The number of methoxy groups -OCH3 is 1. The highest BCUT2D eigenvalue weighted by molar-refractivity contribution is 5.79. The zero-order valence-corrected chi connectivity index (χ0v) is 7.78. The number of rotatable bonds is 2. The summed E-state index contributed by atoms with van der Waals surface area (Å²) in [7, 11) is 1.62. The van der Waals surface area contributed by atoms with Gasteiger partial charge in [0, 0.05) is 11.5 Å². The van der Waals surface area contributed by atoms with E-state index in [-0.39, 0.29) is 6.54 Å². The van der Waals surface area contributed by atoms with E-state index in [0.717, 1.165) is 16.7 Å². The monoisotopic (exact) mass is 187 g/mol. The van der Waals surface area contributed by atoms with Crippen molar-refractivity contribution in [1.82, 2.24) is 0 Å². The lowest BCUT2D eigenvalue weighted by molar-refractivity contribution is 0.414. The molecule has 2 aromatic rings. The van der Waals surface area contributed by atoms with Crippen molar-refractivity contribution in [2.45, 2.75) is 6.54 Å². The third-order valence-corrected chi connectivity index (χ3v) is 2.01. The quantitative estimate of drug-likeness (QED) is 0.676. The van der Waals surface area contributed by atoms with Crippen LogP contribution in [0.1, 0.15) is 5.76 Å². The fourth-order valence-electron chi connectivity index (χ4n) is 1.35. The molecule has 1 heterocycles. The molecule has 0 saturated heterocycles. The Hall–Kier alpha value is -1.95. The lowest BCUT2D eigenvalue weighted by Gasteiger charge is -1.96. The van der Waals surface area contributed by atoms with Gasteiger partial charge in [-0.05, 0) is 18.2 Å². The molecule has 14 heavy (non-hydrogen) atoms. The summed E-state index contributed by atoms with van der Waals surface area (Å²) >= 11 is 0. The lowest BCUT2D eigenvalue weighted by Crippen LogP contribution is -1.79. The predicted molar refractivity (Wildman–Crippen MR) is 53.1 cm³/mol. The van der Waals surface area contributed by atoms with Gasteiger partial charge in [-0.15, -0.1) is 0 Å². The summed E-state index contributed by atoms with van der Waals surface area (Å²) < 4.78 is 10.5. The van der Waals surface area contributed by atoms with Crippen LogP contribution in [0.25, 0.3) is 15.8 Å². The molecule has 0 radical (unpaired) electrons. The van der Waals surface area contributed by atoms with Gasteiger partial charge in [0.15, 0.2) is 5.76 Å². The van der Waals surface area contributed by atoms with Crippen molar-refractivity contribution in [3.05, 3.63) is 41.4 Å². The van der Waals surface area contributed by atoms with Crippen molar-refractivity contribution >= 4 is 11.0 Å². The molecule has 2 rings (SSSR count). The first-order valence-electron chi connectivity index (χ1n) is 4.23. The van der Waals surface area contributed by atoms with Gasteiger partial charge >= 0.3 is 0 Å². The second-order valence-corrected chi connectivity index (χ2v) is 2.93. The average Bonchev–Trinajstić information content (AvgIpc) is 2.59. The maximum Gasteiger partial charge on any atom is 0.271 e.